The molecule has 0 aliphatic carbocycles. The minimum atomic E-state index is 1.06. The van der Waals surface area contributed by atoms with E-state index in [9.17, 15) is 0 Å². The second-order valence-corrected chi connectivity index (χ2v) is 3.82. The van der Waals surface area contributed by atoms with Crippen LogP contribution >= 0.6 is 0 Å². The lowest BCUT2D eigenvalue weighted by atomic mass is 10.7. The Morgan fingerprint density at radius 1 is 0.800 bits per heavy atom. The number of aryl methyl sites for hydroxylation is 4. The van der Waals surface area contributed by atoms with Crippen molar-refractivity contribution >= 4 is 0 Å². The van der Waals surface area contributed by atoms with E-state index in [0.717, 1.165) is 13.1 Å². The molecule has 6 nitrogen and oxygen atoms in total. The van der Waals surface area contributed by atoms with Gasteiger partial charge in [-0.2, -0.15) is 0 Å². The van der Waals surface area contributed by atoms with Crippen molar-refractivity contribution < 1.29 is 9.13 Å². The molecule has 0 bridgehead atoms. The average molecular weight is 274 g/mol. The highest BCUT2D eigenvalue weighted by atomic mass is 15.1. The van der Waals surface area contributed by atoms with Gasteiger partial charge in [0.1, 0.15) is 24.8 Å². The lowest BCUT2D eigenvalue weighted by Gasteiger charge is -1.81. The van der Waals surface area contributed by atoms with Crippen molar-refractivity contribution in [2.45, 2.75) is 26.9 Å². The average Bonchev–Trinajstić information content (AvgIpc) is 3.12. The zero-order chi connectivity index (χ0) is 16.0. The fraction of sp³-hybridized carbons (Fsp3) is 0.429. The first kappa shape index (κ1) is 19.7. The van der Waals surface area contributed by atoms with Crippen LogP contribution in [0.15, 0.2) is 37.4 Å². The van der Waals surface area contributed by atoms with Gasteiger partial charge in [0.25, 0.3) is 0 Å². The van der Waals surface area contributed by atoms with Gasteiger partial charge >= 0.3 is 0 Å². The lowest BCUT2D eigenvalue weighted by Crippen LogP contribution is -2.23. The molecule has 0 saturated heterocycles. The Morgan fingerprint density at radius 2 is 1.10 bits per heavy atom. The van der Waals surface area contributed by atoms with Gasteiger partial charge in [-0.15, -0.1) is 0 Å². The minimum Gasteiger partial charge on any atom is -0.512 e. The Morgan fingerprint density at radius 3 is 1.20 bits per heavy atom. The van der Waals surface area contributed by atoms with Crippen LogP contribution in [-0.2, 0) is 27.2 Å². The molecule has 2 heterocycles. The second-order valence-electron chi connectivity index (χ2n) is 3.82. The van der Waals surface area contributed by atoms with Crippen LogP contribution in [0, 0.1) is 23.7 Å². The van der Waals surface area contributed by atoms with Crippen molar-refractivity contribution in [3.63, 3.8) is 0 Å². The maximum atomic E-state index is 6.25. The van der Waals surface area contributed by atoms with Crippen LogP contribution in [0.4, 0.5) is 0 Å². The van der Waals surface area contributed by atoms with Crippen molar-refractivity contribution in [1.29, 1.82) is 10.5 Å². The zero-order valence-corrected chi connectivity index (χ0v) is 12.6. The van der Waals surface area contributed by atoms with E-state index < -0.39 is 0 Å². The summed E-state index contributed by atoms with van der Waals surface area (Å²) in [6, 6.07) is 0. The topological polar surface area (TPSA) is 65.2 Å². The summed E-state index contributed by atoms with van der Waals surface area (Å²) in [6.45, 7) is 15.9. The number of imidazole rings is 2. The molecular weight excluding hydrogens is 252 g/mol. The third kappa shape index (κ3) is 8.48. The van der Waals surface area contributed by atoms with E-state index >= 15 is 0 Å². The molecule has 0 atom stereocenters. The maximum Gasteiger partial charge on any atom is 0.243 e. The van der Waals surface area contributed by atoms with Gasteiger partial charge in [0.05, 0.1) is 27.2 Å². The van der Waals surface area contributed by atoms with Crippen molar-refractivity contribution in [2.24, 2.45) is 14.1 Å². The standard InChI is InChI=1S/2C6H11N2.2CN/c2*1-3-8-5-4-7(2)6-8;2*1-2/h2*4-6H,3H2,1-2H3;;/q2*+1;2*-1. The van der Waals surface area contributed by atoms with Gasteiger partial charge in [-0.25, -0.2) is 18.3 Å². The summed E-state index contributed by atoms with van der Waals surface area (Å²) in [6.07, 6.45) is 12.3. The highest BCUT2D eigenvalue weighted by Gasteiger charge is 1.92. The van der Waals surface area contributed by atoms with E-state index in [0.29, 0.717) is 0 Å². The number of nitrogens with zero attached hydrogens (tertiary/aromatic N) is 6. The van der Waals surface area contributed by atoms with Gasteiger partial charge in [-0.05, 0) is 13.8 Å². The smallest absolute Gasteiger partial charge is 0.243 e. The Hall–Kier alpha value is -2.60. The third-order valence-corrected chi connectivity index (χ3v) is 2.38. The molecule has 6 heteroatoms. The van der Waals surface area contributed by atoms with Gasteiger partial charge in [0, 0.05) is 0 Å². The largest absolute Gasteiger partial charge is 0.512 e. The van der Waals surface area contributed by atoms with Crippen molar-refractivity contribution in [3.8, 4) is 0 Å². The van der Waals surface area contributed by atoms with Gasteiger partial charge in [0.2, 0.25) is 12.7 Å². The molecule has 0 fully saturated rings. The predicted octanol–water partition coefficient (Wildman–Crippen LogP) is 0.858. The molecule has 0 aliphatic rings. The Kier molecular flexibility index (Phi) is 12.7. The SMILES string of the molecule is CCn1cc[n+](C)c1.CCn1cc[n+](C)c1.[C-]#N.[C-]#N. The quantitative estimate of drug-likeness (QED) is 0.602. The highest BCUT2D eigenvalue weighted by molar-refractivity contribution is 4.64. The maximum absolute atomic E-state index is 6.25. The number of aromatic nitrogens is 4. The molecule has 2 aromatic heterocycles. The number of hydrogen-bond acceptors (Lipinski definition) is 2. The zero-order valence-electron chi connectivity index (χ0n) is 12.6. The van der Waals surface area contributed by atoms with E-state index in [2.05, 4.69) is 48.0 Å². The molecule has 20 heavy (non-hydrogen) atoms. The van der Waals surface area contributed by atoms with Crippen LogP contribution in [-0.4, -0.2) is 9.13 Å². The molecule has 0 aromatic carbocycles. The Bertz CT molecular complexity index is 445. The molecule has 2 rings (SSSR count). The Labute approximate surface area is 121 Å². The predicted molar refractivity (Wildman–Crippen MR) is 72.5 cm³/mol. The molecule has 108 valence electrons. The van der Waals surface area contributed by atoms with E-state index in [-0.39, 0.29) is 0 Å². The first-order chi connectivity index (χ1) is 9.65. The summed E-state index contributed by atoms with van der Waals surface area (Å²) in [5.74, 6) is 0. The molecule has 0 radical (unpaired) electrons. The molecule has 0 spiro atoms. The summed E-state index contributed by atoms with van der Waals surface area (Å²) in [4.78, 5) is 0. The fourth-order valence-electron chi connectivity index (χ4n) is 1.38. The van der Waals surface area contributed by atoms with E-state index in [1.807, 2.05) is 35.6 Å². The molecule has 0 unspecified atom stereocenters. The van der Waals surface area contributed by atoms with E-state index in [4.69, 9.17) is 23.7 Å². The van der Waals surface area contributed by atoms with Crippen LogP contribution < -0.4 is 9.13 Å². The first-order valence-electron chi connectivity index (χ1n) is 6.12. The van der Waals surface area contributed by atoms with Crippen molar-refractivity contribution in [1.82, 2.24) is 9.13 Å². The Balaban J connectivity index is 0. The second kappa shape index (κ2) is 12.8. The van der Waals surface area contributed by atoms with Crippen LogP contribution in [0.5, 0.6) is 0 Å². The molecular formula is C14H22N6. The minimum absolute atomic E-state index is 1.06. The van der Waals surface area contributed by atoms with Crippen molar-refractivity contribution in [2.75, 3.05) is 0 Å². The van der Waals surface area contributed by atoms with Crippen LogP contribution in [0.25, 0.3) is 0 Å². The number of rotatable bonds is 2. The van der Waals surface area contributed by atoms with Gasteiger partial charge in [-0.3, -0.25) is 0 Å². The summed E-state index contributed by atoms with van der Waals surface area (Å²) in [5.41, 5.74) is 0. The van der Waals surface area contributed by atoms with Crippen LogP contribution in [0.2, 0.25) is 0 Å². The van der Waals surface area contributed by atoms with Gasteiger partial charge in [-0.1, -0.05) is 0 Å². The third-order valence-electron chi connectivity index (χ3n) is 2.38. The van der Waals surface area contributed by atoms with Crippen molar-refractivity contribution in [3.05, 3.63) is 50.6 Å². The van der Waals surface area contributed by atoms with Gasteiger partial charge in [0.15, 0.2) is 0 Å². The lowest BCUT2D eigenvalue weighted by molar-refractivity contribution is -0.671. The summed E-state index contributed by atoms with van der Waals surface area (Å²) < 4.78 is 8.31. The summed E-state index contributed by atoms with van der Waals surface area (Å²) in [5, 5.41) is 12.5. The van der Waals surface area contributed by atoms with Crippen LogP contribution in [0.1, 0.15) is 13.8 Å². The van der Waals surface area contributed by atoms with E-state index in [1.165, 1.54) is 0 Å². The molecule has 0 amide bonds. The molecule has 2 aromatic rings. The molecule has 0 aliphatic heterocycles. The monoisotopic (exact) mass is 274 g/mol. The molecule has 0 saturated carbocycles. The summed E-state index contributed by atoms with van der Waals surface area (Å²) >= 11 is 0. The number of hydrogen-bond donors (Lipinski definition) is 0. The van der Waals surface area contributed by atoms with Crippen LogP contribution in [0.3, 0.4) is 0 Å². The first-order valence-corrected chi connectivity index (χ1v) is 6.12. The normalized spacial score (nSPS) is 8.00. The fourth-order valence-corrected chi connectivity index (χ4v) is 1.38. The molecule has 0 N–H and O–H groups in total. The summed E-state index contributed by atoms with van der Waals surface area (Å²) in [7, 11) is 4.04. The highest BCUT2D eigenvalue weighted by Crippen LogP contribution is 1.79. The van der Waals surface area contributed by atoms with Gasteiger partial charge < -0.3 is 23.7 Å². The van der Waals surface area contributed by atoms with E-state index in [1.54, 1.807) is 0 Å².